The molecule has 1 unspecified atom stereocenters. The fourth-order valence-corrected chi connectivity index (χ4v) is 3.59. The highest BCUT2D eigenvalue weighted by Crippen LogP contribution is 2.40. The molecule has 1 heterocycles. The van der Waals surface area contributed by atoms with Crippen LogP contribution >= 0.6 is 22.9 Å². The number of thiophene rings is 1. The van der Waals surface area contributed by atoms with Crippen molar-refractivity contribution in [2.45, 2.75) is 38.3 Å². The Balaban J connectivity index is 3.10. The van der Waals surface area contributed by atoms with Crippen LogP contribution in [0.3, 0.4) is 0 Å². The third-order valence-corrected chi connectivity index (χ3v) is 4.75. The van der Waals surface area contributed by atoms with E-state index in [1.807, 2.05) is 18.5 Å². The highest BCUT2D eigenvalue weighted by atomic mass is 35.5. The van der Waals surface area contributed by atoms with Gasteiger partial charge in [0.1, 0.15) is 0 Å². The number of hydrogen-bond donors (Lipinski definition) is 1. The number of likely N-dealkylation sites (N-methyl/N-ethyl adjacent to an activating group) is 1. The van der Waals surface area contributed by atoms with E-state index in [9.17, 15) is 0 Å². The average Bonchev–Trinajstić information content (AvgIpc) is 2.72. The Kier molecular flexibility index (Phi) is 5.25. The van der Waals surface area contributed by atoms with Crippen LogP contribution in [0, 0.1) is 0 Å². The summed E-state index contributed by atoms with van der Waals surface area (Å²) in [6, 6.07) is 2.09. The second-order valence-corrected chi connectivity index (χ2v) is 5.19. The predicted molar refractivity (Wildman–Crippen MR) is 71.5 cm³/mol. The van der Waals surface area contributed by atoms with Crippen molar-refractivity contribution in [3.05, 3.63) is 21.3 Å². The smallest absolute Gasteiger partial charge is 0.0875 e. The number of methoxy groups -OCH3 is 1. The first-order chi connectivity index (χ1) is 7.65. The van der Waals surface area contributed by atoms with Gasteiger partial charge in [-0.3, -0.25) is 0 Å². The molecule has 0 saturated heterocycles. The Morgan fingerprint density at radius 1 is 1.50 bits per heavy atom. The molecule has 1 atom stereocenters. The standard InChI is InChI=1S/C12H20ClNOS/c1-5-12(6-2,15-4)11(14-3)10-9(13)7-8-16-10/h7-8,11,14H,5-6H2,1-4H3. The third-order valence-electron chi connectivity index (χ3n) is 3.33. The van der Waals surface area contributed by atoms with E-state index in [0.717, 1.165) is 22.7 Å². The number of nitrogens with one attached hydrogen (secondary N) is 1. The van der Waals surface area contributed by atoms with E-state index in [-0.39, 0.29) is 11.6 Å². The fraction of sp³-hybridized carbons (Fsp3) is 0.667. The van der Waals surface area contributed by atoms with Gasteiger partial charge in [0, 0.05) is 12.0 Å². The maximum Gasteiger partial charge on any atom is 0.0875 e. The first kappa shape index (κ1) is 14.0. The first-order valence-corrected chi connectivity index (χ1v) is 6.86. The summed E-state index contributed by atoms with van der Waals surface area (Å²) in [6.45, 7) is 4.30. The Morgan fingerprint density at radius 2 is 2.12 bits per heavy atom. The van der Waals surface area contributed by atoms with Crippen molar-refractivity contribution in [1.29, 1.82) is 0 Å². The Bertz CT molecular complexity index is 314. The van der Waals surface area contributed by atoms with Gasteiger partial charge < -0.3 is 10.1 Å². The van der Waals surface area contributed by atoms with Crippen LogP contribution in [0.15, 0.2) is 11.4 Å². The SMILES string of the molecule is CCC(CC)(OC)C(NC)c1sccc1Cl. The second-order valence-electron chi connectivity index (χ2n) is 3.83. The van der Waals surface area contributed by atoms with Crippen molar-refractivity contribution in [2.75, 3.05) is 14.2 Å². The average molecular weight is 262 g/mol. The highest BCUT2D eigenvalue weighted by Gasteiger charge is 2.37. The zero-order valence-corrected chi connectivity index (χ0v) is 11.9. The van der Waals surface area contributed by atoms with Gasteiger partial charge in [-0.1, -0.05) is 25.4 Å². The van der Waals surface area contributed by atoms with Crippen LogP contribution in [0.25, 0.3) is 0 Å². The molecule has 1 aromatic rings. The van der Waals surface area contributed by atoms with Gasteiger partial charge in [-0.15, -0.1) is 11.3 Å². The second kappa shape index (κ2) is 6.01. The van der Waals surface area contributed by atoms with Crippen molar-refractivity contribution in [1.82, 2.24) is 5.32 Å². The molecule has 0 saturated carbocycles. The molecule has 0 aliphatic rings. The normalized spacial score (nSPS) is 14.1. The largest absolute Gasteiger partial charge is 0.376 e. The lowest BCUT2D eigenvalue weighted by molar-refractivity contribution is -0.0458. The molecule has 1 aromatic heterocycles. The molecule has 0 fully saturated rings. The van der Waals surface area contributed by atoms with Crippen LogP contribution < -0.4 is 5.32 Å². The maximum absolute atomic E-state index is 6.21. The summed E-state index contributed by atoms with van der Waals surface area (Å²) < 4.78 is 5.75. The summed E-state index contributed by atoms with van der Waals surface area (Å²) >= 11 is 7.89. The molecule has 0 radical (unpaired) electrons. The molecule has 16 heavy (non-hydrogen) atoms. The van der Waals surface area contributed by atoms with Crippen molar-refractivity contribution in [3.63, 3.8) is 0 Å². The van der Waals surface area contributed by atoms with Crippen molar-refractivity contribution < 1.29 is 4.74 Å². The minimum Gasteiger partial charge on any atom is -0.376 e. The topological polar surface area (TPSA) is 21.3 Å². The first-order valence-electron chi connectivity index (χ1n) is 5.60. The van der Waals surface area contributed by atoms with Crippen LogP contribution in [0.1, 0.15) is 37.6 Å². The maximum atomic E-state index is 6.21. The Labute approximate surface area is 107 Å². The number of ether oxygens (including phenoxy) is 1. The fourth-order valence-electron chi connectivity index (χ4n) is 2.21. The molecular formula is C12H20ClNOS. The molecule has 1 N–H and O–H groups in total. The summed E-state index contributed by atoms with van der Waals surface area (Å²) in [5.74, 6) is 0. The molecule has 0 bridgehead atoms. The highest BCUT2D eigenvalue weighted by molar-refractivity contribution is 7.10. The van der Waals surface area contributed by atoms with Crippen molar-refractivity contribution >= 4 is 22.9 Å². The van der Waals surface area contributed by atoms with E-state index >= 15 is 0 Å². The quantitative estimate of drug-likeness (QED) is 0.840. The van der Waals surface area contributed by atoms with Crippen LogP contribution in [0.5, 0.6) is 0 Å². The molecular weight excluding hydrogens is 242 g/mol. The number of hydrogen-bond acceptors (Lipinski definition) is 3. The molecule has 0 aromatic carbocycles. The summed E-state index contributed by atoms with van der Waals surface area (Å²) in [5.41, 5.74) is -0.177. The Hall–Kier alpha value is -0.0900. The van der Waals surface area contributed by atoms with Gasteiger partial charge in [-0.25, -0.2) is 0 Å². The molecule has 4 heteroatoms. The molecule has 0 spiro atoms. The van der Waals surface area contributed by atoms with Crippen LogP contribution in [-0.4, -0.2) is 19.8 Å². The van der Waals surface area contributed by atoms with E-state index in [2.05, 4.69) is 19.2 Å². The monoisotopic (exact) mass is 261 g/mol. The lowest BCUT2D eigenvalue weighted by atomic mass is 9.87. The van der Waals surface area contributed by atoms with Gasteiger partial charge in [-0.2, -0.15) is 0 Å². The van der Waals surface area contributed by atoms with E-state index in [1.54, 1.807) is 18.4 Å². The zero-order valence-electron chi connectivity index (χ0n) is 10.3. The van der Waals surface area contributed by atoms with E-state index < -0.39 is 0 Å². The van der Waals surface area contributed by atoms with E-state index in [1.165, 1.54) is 0 Å². The van der Waals surface area contributed by atoms with Crippen LogP contribution in [0.4, 0.5) is 0 Å². The molecule has 92 valence electrons. The summed E-state index contributed by atoms with van der Waals surface area (Å²) in [5, 5.41) is 6.19. The van der Waals surface area contributed by atoms with Gasteiger partial charge in [-0.05, 0) is 31.3 Å². The van der Waals surface area contributed by atoms with E-state index in [4.69, 9.17) is 16.3 Å². The molecule has 0 amide bonds. The summed E-state index contributed by atoms with van der Waals surface area (Å²) in [7, 11) is 3.73. The third kappa shape index (κ3) is 2.43. The minimum absolute atomic E-state index is 0.153. The number of rotatable bonds is 6. The van der Waals surface area contributed by atoms with E-state index in [0.29, 0.717) is 0 Å². The predicted octanol–water partition coefficient (Wildman–Crippen LogP) is 3.87. The summed E-state index contributed by atoms with van der Waals surface area (Å²) in [6.07, 6.45) is 1.92. The van der Waals surface area contributed by atoms with Crippen LogP contribution in [0.2, 0.25) is 5.02 Å². The molecule has 1 rings (SSSR count). The van der Waals surface area contributed by atoms with Gasteiger partial charge in [0.2, 0.25) is 0 Å². The molecule has 0 aliphatic heterocycles. The summed E-state index contributed by atoms with van der Waals surface area (Å²) in [4.78, 5) is 1.16. The van der Waals surface area contributed by atoms with Gasteiger partial charge in [0.05, 0.1) is 16.7 Å². The van der Waals surface area contributed by atoms with Crippen molar-refractivity contribution in [3.8, 4) is 0 Å². The van der Waals surface area contributed by atoms with Gasteiger partial charge in [0.25, 0.3) is 0 Å². The minimum atomic E-state index is -0.177. The number of halogens is 1. The van der Waals surface area contributed by atoms with Gasteiger partial charge >= 0.3 is 0 Å². The Morgan fingerprint density at radius 3 is 2.44 bits per heavy atom. The molecule has 2 nitrogen and oxygen atoms in total. The molecule has 0 aliphatic carbocycles. The van der Waals surface area contributed by atoms with Crippen molar-refractivity contribution in [2.24, 2.45) is 0 Å². The lowest BCUT2D eigenvalue weighted by Gasteiger charge is -2.38. The lowest BCUT2D eigenvalue weighted by Crippen LogP contribution is -2.43. The van der Waals surface area contributed by atoms with Crippen LogP contribution in [-0.2, 0) is 4.74 Å². The zero-order chi connectivity index (χ0) is 12.2. The van der Waals surface area contributed by atoms with Gasteiger partial charge in [0.15, 0.2) is 0 Å².